The van der Waals surface area contributed by atoms with Gasteiger partial charge in [0.1, 0.15) is 17.4 Å². The molecule has 1 aromatic carbocycles. The molecule has 1 aromatic heterocycles. The van der Waals surface area contributed by atoms with Crippen molar-refractivity contribution < 1.29 is 14.3 Å². The molecule has 1 saturated heterocycles. The third-order valence-electron chi connectivity index (χ3n) is 5.60. The molecule has 1 aliphatic rings. The van der Waals surface area contributed by atoms with E-state index in [1.165, 1.54) is 11.3 Å². The van der Waals surface area contributed by atoms with Gasteiger partial charge in [0.05, 0.1) is 5.56 Å². The fourth-order valence-electron chi connectivity index (χ4n) is 3.68. The summed E-state index contributed by atoms with van der Waals surface area (Å²) in [7, 11) is 0. The summed E-state index contributed by atoms with van der Waals surface area (Å²) >= 11 is 1.33. The summed E-state index contributed by atoms with van der Waals surface area (Å²) in [6, 6.07) is 9.01. The average molecular weight is 460 g/mol. The van der Waals surface area contributed by atoms with E-state index in [2.05, 4.69) is 34.7 Å². The van der Waals surface area contributed by atoms with Crippen LogP contribution in [0.25, 0.3) is 10.4 Å². The van der Waals surface area contributed by atoms with E-state index in [9.17, 15) is 9.59 Å². The largest absolute Gasteiger partial charge is 0.492 e. The van der Waals surface area contributed by atoms with Crippen LogP contribution < -0.4 is 26.4 Å². The summed E-state index contributed by atoms with van der Waals surface area (Å²) in [4.78, 5) is 27.6. The lowest BCUT2D eigenvalue weighted by atomic mass is 10.1. The molecule has 1 aliphatic heterocycles. The van der Waals surface area contributed by atoms with Crippen molar-refractivity contribution in [2.75, 3.05) is 44.6 Å². The molecule has 9 heteroatoms. The number of ether oxygens (including phenoxy) is 1. The van der Waals surface area contributed by atoms with Gasteiger partial charge < -0.3 is 26.0 Å². The van der Waals surface area contributed by atoms with Crippen LogP contribution in [0.15, 0.2) is 30.3 Å². The number of rotatable bonds is 10. The van der Waals surface area contributed by atoms with Crippen molar-refractivity contribution in [1.29, 1.82) is 0 Å². The van der Waals surface area contributed by atoms with E-state index in [0.717, 1.165) is 61.8 Å². The predicted molar refractivity (Wildman–Crippen MR) is 130 cm³/mol. The summed E-state index contributed by atoms with van der Waals surface area (Å²) in [5.41, 5.74) is 6.71. The van der Waals surface area contributed by atoms with E-state index in [4.69, 9.17) is 10.5 Å². The minimum atomic E-state index is -0.689. The van der Waals surface area contributed by atoms with Crippen LogP contribution in [0.4, 0.5) is 9.80 Å². The molecule has 32 heavy (non-hydrogen) atoms. The minimum Gasteiger partial charge on any atom is -0.492 e. The third kappa shape index (κ3) is 6.69. The number of hydrogen-bond acceptors (Lipinski definition) is 6. The molecule has 0 atom stereocenters. The van der Waals surface area contributed by atoms with Gasteiger partial charge in [-0.05, 0) is 74.9 Å². The first kappa shape index (κ1) is 24.0. The van der Waals surface area contributed by atoms with Crippen LogP contribution >= 0.6 is 11.3 Å². The van der Waals surface area contributed by atoms with Gasteiger partial charge in [-0.1, -0.05) is 13.8 Å². The second-order valence-corrected chi connectivity index (χ2v) is 8.79. The summed E-state index contributed by atoms with van der Waals surface area (Å²) in [6.07, 6.45) is 1.77. The van der Waals surface area contributed by atoms with Gasteiger partial charge in [-0.25, -0.2) is 4.79 Å². The van der Waals surface area contributed by atoms with Crippen molar-refractivity contribution >= 4 is 28.3 Å². The molecule has 3 rings (SSSR count). The molecule has 0 radical (unpaired) electrons. The van der Waals surface area contributed by atoms with Gasteiger partial charge in [0.15, 0.2) is 0 Å². The molecule has 1 fully saturated rings. The van der Waals surface area contributed by atoms with E-state index in [1.807, 2.05) is 30.3 Å². The zero-order valence-electron chi connectivity index (χ0n) is 18.8. The van der Waals surface area contributed by atoms with Gasteiger partial charge in [0.2, 0.25) is 0 Å². The fourth-order valence-corrected chi connectivity index (χ4v) is 4.75. The van der Waals surface area contributed by atoms with Crippen LogP contribution in [-0.4, -0.2) is 62.2 Å². The second-order valence-electron chi connectivity index (χ2n) is 7.74. The number of thiophene rings is 1. The fraction of sp³-hybridized carbons (Fsp3) is 0.478. The number of carbonyl (C=O) groups excluding carboxylic acids is 2. The molecule has 2 aromatic rings. The highest BCUT2D eigenvalue weighted by molar-refractivity contribution is 7.20. The van der Waals surface area contributed by atoms with E-state index >= 15 is 0 Å². The van der Waals surface area contributed by atoms with Crippen molar-refractivity contribution in [2.45, 2.75) is 32.7 Å². The number of benzene rings is 1. The molecule has 8 nitrogen and oxygen atoms in total. The van der Waals surface area contributed by atoms with Crippen LogP contribution in [-0.2, 0) is 0 Å². The zero-order valence-corrected chi connectivity index (χ0v) is 19.6. The van der Waals surface area contributed by atoms with Crippen LogP contribution in [0.3, 0.4) is 0 Å². The zero-order chi connectivity index (χ0) is 22.9. The summed E-state index contributed by atoms with van der Waals surface area (Å²) in [5.74, 6) is 0.608. The molecule has 5 N–H and O–H groups in total. The van der Waals surface area contributed by atoms with Crippen LogP contribution in [0.2, 0.25) is 0 Å². The SMILES string of the molecule is CCN(CC)CCOc1ccc(-c2cc(C(=O)NC3CCNCC3)c(NC(N)=O)s2)cc1. The van der Waals surface area contributed by atoms with Crippen molar-refractivity contribution in [3.05, 3.63) is 35.9 Å². The Morgan fingerprint density at radius 2 is 1.88 bits per heavy atom. The molecule has 3 amide bonds. The molecule has 0 bridgehead atoms. The van der Waals surface area contributed by atoms with Gasteiger partial charge in [-0.3, -0.25) is 10.1 Å². The number of nitrogens with zero attached hydrogens (tertiary/aromatic N) is 1. The maximum absolute atomic E-state index is 12.9. The summed E-state index contributed by atoms with van der Waals surface area (Å²) < 4.78 is 5.85. The van der Waals surface area contributed by atoms with Crippen molar-refractivity contribution in [3.63, 3.8) is 0 Å². The average Bonchev–Trinajstić information content (AvgIpc) is 3.21. The number of anilines is 1. The smallest absolute Gasteiger partial charge is 0.317 e. The maximum atomic E-state index is 12.9. The molecule has 0 spiro atoms. The number of hydrogen-bond donors (Lipinski definition) is 4. The Labute approximate surface area is 193 Å². The molecular weight excluding hydrogens is 426 g/mol. The van der Waals surface area contributed by atoms with Crippen LogP contribution in [0, 0.1) is 0 Å². The number of piperidine rings is 1. The monoisotopic (exact) mass is 459 g/mol. The van der Waals surface area contributed by atoms with Gasteiger partial charge in [-0.15, -0.1) is 11.3 Å². The molecule has 0 unspecified atom stereocenters. The molecule has 2 heterocycles. The van der Waals surface area contributed by atoms with Gasteiger partial charge in [-0.2, -0.15) is 0 Å². The van der Waals surface area contributed by atoms with Gasteiger partial charge >= 0.3 is 6.03 Å². The van der Waals surface area contributed by atoms with Crippen molar-refractivity contribution in [1.82, 2.24) is 15.5 Å². The van der Waals surface area contributed by atoms with Crippen molar-refractivity contribution in [3.8, 4) is 16.2 Å². The van der Waals surface area contributed by atoms with E-state index < -0.39 is 6.03 Å². The van der Waals surface area contributed by atoms with Crippen LogP contribution in [0.1, 0.15) is 37.0 Å². The quantitative estimate of drug-likeness (QED) is 0.437. The normalized spacial score (nSPS) is 14.3. The summed E-state index contributed by atoms with van der Waals surface area (Å²) in [6.45, 7) is 9.58. The summed E-state index contributed by atoms with van der Waals surface area (Å²) in [5, 5.41) is 9.41. The minimum absolute atomic E-state index is 0.126. The Morgan fingerprint density at radius 3 is 2.50 bits per heavy atom. The Bertz CT molecular complexity index is 890. The molecular formula is C23H33N5O3S. The van der Waals surface area contributed by atoms with E-state index in [1.54, 1.807) is 0 Å². The lowest BCUT2D eigenvalue weighted by Gasteiger charge is -2.23. The number of primary amides is 1. The molecule has 0 aliphatic carbocycles. The van der Waals surface area contributed by atoms with Gasteiger partial charge in [0.25, 0.3) is 5.91 Å². The molecule has 0 saturated carbocycles. The van der Waals surface area contributed by atoms with E-state index in [0.29, 0.717) is 17.2 Å². The maximum Gasteiger partial charge on any atom is 0.317 e. The lowest BCUT2D eigenvalue weighted by Crippen LogP contribution is -2.42. The Morgan fingerprint density at radius 1 is 1.19 bits per heavy atom. The first-order valence-corrected chi connectivity index (χ1v) is 12.0. The van der Waals surface area contributed by atoms with Gasteiger partial charge in [0, 0.05) is 17.5 Å². The first-order chi connectivity index (χ1) is 15.5. The highest BCUT2D eigenvalue weighted by atomic mass is 32.1. The standard InChI is InChI=1S/C23H33N5O3S/c1-3-28(4-2)13-14-31-18-7-5-16(6-8-18)20-15-19(22(32-20)27-23(24)30)21(29)26-17-9-11-25-12-10-17/h5-8,15,17,25H,3-4,9-14H2,1-2H3,(H,26,29)(H3,24,27,30). The van der Waals surface area contributed by atoms with E-state index in [-0.39, 0.29) is 11.9 Å². The Kier molecular flexibility index (Phi) is 8.90. The Balaban J connectivity index is 1.70. The number of carbonyl (C=O) groups is 2. The lowest BCUT2D eigenvalue weighted by molar-refractivity contribution is 0.0931. The predicted octanol–water partition coefficient (Wildman–Crippen LogP) is 3.11. The topological polar surface area (TPSA) is 109 Å². The number of likely N-dealkylation sites (N-methyl/N-ethyl adjacent to an activating group) is 1. The highest BCUT2D eigenvalue weighted by Gasteiger charge is 2.22. The highest BCUT2D eigenvalue weighted by Crippen LogP contribution is 2.36. The first-order valence-electron chi connectivity index (χ1n) is 11.2. The van der Waals surface area contributed by atoms with Crippen molar-refractivity contribution in [2.24, 2.45) is 5.73 Å². The number of urea groups is 1. The second kappa shape index (κ2) is 11.8. The molecule has 174 valence electrons. The number of nitrogens with two attached hydrogens (primary N) is 1. The Hall–Kier alpha value is -2.62. The van der Waals surface area contributed by atoms with Crippen LogP contribution in [0.5, 0.6) is 5.75 Å². The third-order valence-corrected chi connectivity index (χ3v) is 6.70. The number of nitrogens with one attached hydrogen (secondary N) is 3. The number of amides is 3.